The molecule has 0 spiro atoms. The molecule has 0 aliphatic rings. The molecule has 0 bridgehead atoms. The predicted octanol–water partition coefficient (Wildman–Crippen LogP) is 2.27. The molecule has 0 radical (unpaired) electrons. The van der Waals surface area contributed by atoms with Crippen LogP contribution in [0.15, 0.2) is 41.1 Å². The number of nitrogens with zero attached hydrogens (tertiary/aromatic N) is 2. The summed E-state index contributed by atoms with van der Waals surface area (Å²) < 4.78 is 2.48. The number of amides is 2. The van der Waals surface area contributed by atoms with Crippen LogP contribution in [0.5, 0.6) is 0 Å². The summed E-state index contributed by atoms with van der Waals surface area (Å²) in [4.78, 5) is 23.9. The maximum Gasteiger partial charge on any atom is 0.245 e. The van der Waals surface area contributed by atoms with E-state index in [9.17, 15) is 9.59 Å². The molecule has 1 unspecified atom stereocenters. The highest BCUT2D eigenvalue weighted by molar-refractivity contribution is 9.10. The van der Waals surface area contributed by atoms with Crippen LogP contribution >= 0.6 is 15.9 Å². The molecule has 1 aromatic heterocycles. The first-order valence-electron chi connectivity index (χ1n) is 6.80. The Balaban J connectivity index is 1.86. The van der Waals surface area contributed by atoms with Gasteiger partial charge in [0.15, 0.2) is 0 Å². The first-order valence-corrected chi connectivity index (χ1v) is 7.59. The molecule has 1 atom stereocenters. The zero-order valence-corrected chi connectivity index (χ0v) is 13.9. The van der Waals surface area contributed by atoms with Crippen LogP contribution < -0.4 is 10.6 Å². The van der Waals surface area contributed by atoms with Crippen LogP contribution in [0.25, 0.3) is 0 Å². The Labute approximate surface area is 137 Å². The normalized spacial score (nSPS) is 11.8. The molecule has 1 heterocycles. The van der Waals surface area contributed by atoms with Crippen molar-refractivity contribution in [3.63, 3.8) is 0 Å². The van der Waals surface area contributed by atoms with Crippen LogP contribution in [0.3, 0.4) is 0 Å². The number of carbonyl (C=O) groups is 2. The zero-order chi connectivity index (χ0) is 16.1. The molecular weight excluding hydrogens is 348 g/mol. The van der Waals surface area contributed by atoms with Crippen molar-refractivity contribution in [1.29, 1.82) is 0 Å². The van der Waals surface area contributed by atoms with Crippen LogP contribution in [0, 0.1) is 6.92 Å². The smallest absolute Gasteiger partial charge is 0.245 e. The largest absolute Gasteiger partial charge is 0.345 e. The highest BCUT2D eigenvalue weighted by Crippen LogP contribution is 2.19. The molecule has 7 heteroatoms. The van der Waals surface area contributed by atoms with Crippen LogP contribution in [0.1, 0.15) is 18.5 Å². The molecule has 1 aromatic carbocycles. The Bertz CT molecular complexity index is 670. The van der Waals surface area contributed by atoms with Gasteiger partial charge in [-0.3, -0.25) is 14.3 Å². The van der Waals surface area contributed by atoms with Crippen molar-refractivity contribution in [2.24, 2.45) is 0 Å². The first-order chi connectivity index (χ1) is 10.5. The van der Waals surface area contributed by atoms with E-state index in [1.54, 1.807) is 25.4 Å². The van der Waals surface area contributed by atoms with E-state index in [1.807, 2.05) is 25.1 Å². The Morgan fingerprint density at radius 3 is 2.82 bits per heavy atom. The summed E-state index contributed by atoms with van der Waals surface area (Å²) >= 11 is 3.37. The van der Waals surface area contributed by atoms with Gasteiger partial charge in [0.1, 0.15) is 6.04 Å². The number of nitrogens with one attached hydrogen (secondary N) is 2. The second-order valence-corrected chi connectivity index (χ2v) is 5.80. The van der Waals surface area contributed by atoms with E-state index in [0.717, 1.165) is 15.7 Å². The lowest BCUT2D eigenvalue weighted by atomic mass is 10.2. The lowest BCUT2D eigenvalue weighted by molar-refractivity contribution is -0.126. The van der Waals surface area contributed by atoms with Gasteiger partial charge in [-0.25, -0.2) is 0 Å². The molecule has 0 saturated carbocycles. The standard InChI is InChI=1S/C15H17BrN4O2/c1-10-8-12(16)4-5-13(10)19-14(21)9-17-15(22)11(2)20-7-3-6-18-20/h3-8,11H,9H2,1-2H3,(H,17,22)(H,19,21). The van der Waals surface area contributed by atoms with Gasteiger partial charge in [-0.2, -0.15) is 5.10 Å². The number of anilines is 1. The highest BCUT2D eigenvalue weighted by atomic mass is 79.9. The quantitative estimate of drug-likeness (QED) is 0.854. The molecule has 2 amide bonds. The molecule has 2 rings (SSSR count). The SMILES string of the molecule is Cc1cc(Br)ccc1NC(=O)CNC(=O)C(C)n1cccn1. The van der Waals surface area contributed by atoms with E-state index in [2.05, 4.69) is 31.7 Å². The molecule has 0 aliphatic heterocycles. The van der Waals surface area contributed by atoms with Crippen molar-refractivity contribution in [3.05, 3.63) is 46.7 Å². The lowest BCUT2D eigenvalue weighted by Gasteiger charge is -2.13. The molecule has 0 fully saturated rings. The fourth-order valence-corrected chi connectivity index (χ4v) is 2.38. The Hall–Kier alpha value is -2.15. The van der Waals surface area contributed by atoms with Crippen LogP contribution in [-0.4, -0.2) is 28.1 Å². The summed E-state index contributed by atoms with van der Waals surface area (Å²) in [5, 5.41) is 9.37. The number of carbonyl (C=O) groups excluding carboxylic acids is 2. The molecule has 0 aliphatic carbocycles. The third-order valence-electron chi connectivity index (χ3n) is 3.19. The van der Waals surface area contributed by atoms with Crippen molar-refractivity contribution in [1.82, 2.24) is 15.1 Å². The minimum Gasteiger partial charge on any atom is -0.345 e. The number of benzene rings is 1. The fourth-order valence-electron chi connectivity index (χ4n) is 1.91. The van der Waals surface area contributed by atoms with Crippen LogP contribution in [0.4, 0.5) is 5.69 Å². The molecule has 2 aromatic rings. The third-order valence-corrected chi connectivity index (χ3v) is 3.68. The summed E-state index contributed by atoms with van der Waals surface area (Å²) in [6.07, 6.45) is 3.31. The molecule has 6 nitrogen and oxygen atoms in total. The van der Waals surface area contributed by atoms with E-state index in [0.29, 0.717) is 0 Å². The minimum atomic E-state index is -0.461. The van der Waals surface area contributed by atoms with Gasteiger partial charge < -0.3 is 10.6 Å². The Kier molecular flexibility index (Phi) is 5.32. The third kappa shape index (κ3) is 4.17. The summed E-state index contributed by atoms with van der Waals surface area (Å²) in [6, 6.07) is 6.85. The van der Waals surface area contributed by atoms with Gasteiger partial charge in [-0.1, -0.05) is 15.9 Å². The molecule has 22 heavy (non-hydrogen) atoms. The second-order valence-electron chi connectivity index (χ2n) is 4.89. The maximum absolute atomic E-state index is 12.0. The van der Waals surface area contributed by atoms with Crippen LogP contribution in [-0.2, 0) is 9.59 Å². The summed E-state index contributed by atoms with van der Waals surface area (Å²) in [6.45, 7) is 3.54. The van der Waals surface area contributed by atoms with E-state index in [-0.39, 0.29) is 18.4 Å². The molecule has 2 N–H and O–H groups in total. The van der Waals surface area contributed by atoms with E-state index >= 15 is 0 Å². The minimum absolute atomic E-state index is 0.0834. The van der Waals surface area contributed by atoms with E-state index in [4.69, 9.17) is 0 Å². The highest BCUT2D eigenvalue weighted by Gasteiger charge is 2.15. The van der Waals surface area contributed by atoms with Gasteiger partial charge >= 0.3 is 0 Å². The number of hydrogen-bond acceptors (Lipinski definition) is 3. The van der Waals surface area contributed by atoms with Gasteiger partial charge in [0.2, 0.25) is 11.8 Å². The topological polar surface area (TPSA) is 76.0 Å². The van der Waals surface area contributed by atoms with Gasteiger partial charge in [0, 0.05) is 22.6 Å². The predicted molar refractivity (Wildman–Crippen MR) is 87.5 cm³/mol. The van der Waals surface area contributed by atoms with Gasteiger partial charge in [-0.05, 0) is 43.7 Å². The first kappa shape index (κ1) is 16.2. The van der Waals surface area contributed by atoms with Gasteiger partial charge in [0.05, 0.1) is 6.54 Å². The molecular formula is C15H17BrN4O2. The number of hydrogen-bond donors (Lipinski definition) is 2. The number of halogens is 1. The Morgan fingerprint density at radius 1 is 1.41 bits per heavy atom. The van der Waals surface area contributed by atoms with Crippen molar-refractivity contribution >= 4 is 33.4 Å². The molecule has 0 saturated heterocycles. The fraction of sp³-hybridized carbons (Fsp3) is 0.267. The van der Waals surface area contributed by atoms with Gasteiger partial charge in [-0.15, -0.1) is 0 Å². The summed E-state index contributed by atoms with van der Waals surface area (Å²) in [7, 11) is 0. The average Bonchev–Trinajstić information content (AvgIpc) is 3.01. The van der Waals surface area contributed by atoms with Crippen molar-refractivity contribution in [2.45, 2.75) is 19.9 Å². The van der Waals surface area contributed by atoms with E-state index in [1.165, 1.54) is 4.68 Å². The van der Waals surface area contributed by atoms with Crippen LogP contribution in [0.2, 0.25) is 0 Å². The molecule has 116 valence electrons. The summed E-state index contributed by atoms with van der Waals surface area (Å²) in [5.74, 6) is -0.530. The van der Waals surface area contributed by atoms with E-state index < -0.39 is 6.04 Å². The summed E-state index contributed by atoms with van der Waals surface area (Å²) in [5.41, 5.74) is 1.67. The zero-order valence-electron chi connectivity index (χ0n) is 12.3. The van der Waals surface area contributed by atoms with Crippen molar-refractivity contribution in [2.75, 3.05) is 11.9 Å². The maximum atomic E-state index is 12.0. The number of rotatable bonds is 5. The number of aromatic nitrogens is 2. The van der Waals surface area contributed by atoms with Crippen molar-refractivity contribution in [3.8, 4) is 0 Å². The lowest BCUT2D eigenvalue weighted by Crippen LogP contribution is -2.37. The van der Waals surface area contributed by atoms with Gasteiger partial charge in [0.25, 0.3) is 0 Å². The Morgan fingerprint density at radius 2 is 2.18 bits per heavy atom. The monoisotopic (exact) mass is 364 g/mol. The second kappa shape index (κ2) is 7.22. The number of aryl methyl sites for hydroxylation is 1. The average molecular weight is 365 g/mol. The van der Waals surface area contributed by atoms with Crippen molar-refractivity contribution < 1.29 is 9.59 Å².